The first kappa shape index (κ1) is 15.2. The van der Waals surface area contributed by atoms with Crippen LogP contribution in [0.15, 0.2) is 30.3 Å². The molecule has 1 aromatic rings. The molecule has 0 saturated heterocycles. The fourth-order valence-electron chi connectivity index (χ4n) is 1.71. The number of carbonyl (C=O) groups is 2. The van der Waals surface area contributed by atoms with E-state index in [9.17, 15) is 9.59 Å². The van der Waals surface area contributed by atoms with Crippen LogP contribution in [0.1, 0.15) is 20.3 Å². The van der Waals surface area contributed by atoms with Crippen LogP contribution in [0, 0.1) is 0 Å². The van der Waals surface area contributed by atoms with Crippen LogP contribution in [0.3, 0.4) is 0 Å². The molecular weight excluding hydrogens is 242 g/mol. The molecule has 0 atom stereocenters. The monoisotopic (exact) mass is 263 g/mol. The van der Waals surface area contributed by atoms with E-state index in [0.29, 0.717) is 13.0 Å². The smallest absolute Gasteiger partial charge is 0.231 e. The van der Waals surface area contributed by atoms with Crippen molar-refractivity contribution >= 4 is 17.5 Å². The van der Waals surface area contributed by atoms with Gasteiger partial charge in [-0.1, -0.05) is 18.2 Å². The third-order valence-corrected chi connectivity index (χ3v) is 2.77. The van der Waals surface area contributed by atoms with Gasteiger partial charge in [0.25, 0.3) is 0 Å². The zero-order valence-corrected chi connectivity index (χ0v) is 11.4. The first-order valence-corrected chi connectivity index (χ1v) is 6.36. The molecule has 0 aliphatic heterocycles. The van der Waals surface area contributed by atoms with Gasteiger partial charge >= 0.3 is 0 Å². The molecule has 0 saturated carbocycles. The van der Waals surface area contributed by atoms with Crippen molar-refractivity contribution in [3.63, 3.8) is 0 Å². The van der Waals surface area contributed by atoms with Crippen LogP contribution in [0.5, 0.6) is 0 Å². The zero-order valence-electron chi connectivity index (χ0n) is 11.4. The van der Waals surface area contributed by atoms with E-state index in [0.717, 1.165) is 5.69 Å². The Morgan fingerprint density at radius 1 is 1.26 bits per heavy atom. The Bertz CT molecular complexity index is 418. The molecule has 0 radical (unpaired) electrons. The zero-order chi connectivity index (χ0) is 14.3. The molecular formula is C14H21N3O2. The fourth-order valence-corrected chi connectivity index (χ4v) is 1.71. The second-order valence-electron chi connectivity index (χ2n) is 4.69. The van der Waals surface area contributed by atoms with E-state index in [2.05, 4.69) is 5.32 Å². The van der Waals surface area contributed by atoms with Gasteiger partial charge in [0.05, 0.1) is 6.54 Å². The summed E-state index contributed by atoms with van der Waals surface area (Å²) in [4.78, 5) is 24.6. The molecule has 5 nitrogen and oxygen atoms in total. The Hall–Kier alpha value is -1.88. The number of hydrogen-bond acceptors (Lipinski definition) is 3. The van der Waals surface area contributed by atoms with Crippen molar-refractivity contribution in [3.05, 3.63) is 30.3 Å². The number of nitrogens with one attached hydrogen (secondary N) is 1. The fraction of sp³-hybridized carbons (Fsp3) is 0.429. The first-order valence-electron chi connectivity index (χ1n) is 6.36. The molecule has 0 unspecified atom stereocenters. The third-order valence-electron chi connectivity index (χ3n) is 2.77. The Morgan fingerprint density at radius 2 is 1.89 bits per heavy atom. The largest absolute Gasteiger partial charge is 0.369 e. The van der Waals surface area contributed by atoms with Crippen LogP contribution in [0.25, 0.3) is 0 Å². The van der Waals surface area contributed by atoms with E-state index in [1.54, 1.807) is 0 Å². The lowest BCUT2D eigenvalue weighted by atomic mass is 10.2. The SMILES string of the molecule is CC(C)N(CCC(=O)Nc1ccccc1)CC(N)=O. The highest BCUT2D eigenvalue weighted by atomic mass is 16.2. The maximum atomic E-state index is 11.8. The van der Waals surface area contributed by atoms with Gasteiger partial charge < -0.3 is 11.1 Å². The molecule has 3 N–H and O–H groups in total. The number of nitrogens with zero attached hydrogens (tertiary/aromatic N) is 1. The number of primary amides is 1. The highest BCUT2D eigenvalue weighted by molar-refractivity contribution is 5.90. The quantitative estimate of drug-likeness (QED) is 0.776. The van der Waals surface area contributed by atoms with Gasteiger partial charge in [0.2, 0.25) is 11.8 Å². The van der Waals surface area contributed by atoms with Gasteiger partial charge in [0.1, 0.15) is 0 Å². The second-order valence-corrected chi connectivity index (χ2v) is 4.69. The molecule has 0 heterocycles. The summed E-state index contributed by atoms with van der Waals surface area (Å²) in [6.45, 7) is 4.63. The number of amides is 2. The van der Waals surface area contributed by atoms with E-state index >= 15 is 0 Å². The van der Waals surface area contributed by atoms with Gasteiger partial charge in [-0.15, -0.1) is 0 Å². The lowest BCUT2D eigenvalue weighted by molar-refractivity contribution is -0.121. The van der Waals surface area contributed by atoms with E-state index in [1.807, 2.05) is 49.1 Å². The number of anilines is 1. The van der Waals surface area contributed by atoms with Gasteiger partial charge in [0, 0.05) is 24.7 Å². The highest BCUT2D eigenvalue weighted by Crippen LogP contribution is 2.06. The number of hydrogen-bond donors (Lipinski definition) is 2. The van der Waals surface area contributed by atoms with Crippen LogP contribution >= 0.6 is 0 Å². The van der Waals surface area contributed by atoms with Crippen molar-refractivity contribution < 1.29 is 9.59 Å². The normalized spacial score (nSPS) is 10.7. The number of carbonyl (C=O) groups excluding carboxylic acids is 2. The first-order chi connectivity index (χ1) is 8.99. The molecule has 104 valence electrons. The molecule has 0 bridgehead atoms. The summed E-state index contributed by atoms with van der Waals surface area (Å²) in [6.07, 6.45) is 0.334. The Kier molecular flexibility index (Phi) is 6.02. The number of nitrogens with two attached hydrogens (primary N) is 1. The minimum absolute atomic E-state index is 0.0682. The van der Waals surface area contributed by atoms with Gasteiger partial charge in [-0.05, 0) is 26.0 Å². The highest BCUT2D eigenvalue weighted by Gasteiger charge is 2.13. The summed E-state index contributed by atoms with van der Waals surface area (Å²) < 4.78 is 0. The molecule has 2 amide bonds. The topological polar surface area (TPSA) is 75.4 Å². The van der Waals surface area contributed by atoms with Gasteiger partial charge in [-0.3, -0.25) is 14.5 Å². The van der Waals surface area contributed by atoms with Crippen LogP contribution in [-0.2, 0) is 9.59 Å². The predicted octanol–water partition coefficient (Wildman–Crippen LogP) is 1.21. The summed E-state index contributed by atoms with van der Waals surface area (Å²) in [5, 5.41) is 2.81. The van der Waals surface area contributed by atoms with E-state index in [-0.39, 0.29) is 24.4 Å². The molecule has 0 aliphatic carbocycles. The lowest BCUT2D eigenvalue weighted by Gasteiger charge is -2.24. The average Bonchev–Trinajstić information content (AvgIpc) is 2.35. The van der Waals surface area contributed by atoms with Crippen molar-refractivity contribution in [2.24, 2.45) is 5.73 Å². The minimum Gasteiger partial charge on any atom is -0.369 e. The minimum atomic E-state index is -0.378. The van der Waals surface area contributed by atoms with Crippen LogP contribution in [0.2, 0.25) is 0 Å². The molecule has 0 fully saturated rings. The lowest BCUT2D eigenvalue weighted by Crippen LogP contribution is -2.40. The van der Waals surface area contributed by atoms with Crippen molar-refractivity contribution in [2.45, 2.75) is 26.3 Å². The van der Waals surface area contributed by atoms with Gasteiger partial charge in [0.15, 0.2) is 0 Å². The number of para-hydroxylation sites is 1. The molecule has 1 aromatic carbocycles. The summed E-state index contributed by atoms with van der Waals surface area (Å²) >= 11 is 0. The molecule has 5 heteroatoms. The molecule has 0 spiro atoms. The molecule has 19 heavy (non-hydrogen) atoms. The third kappa shape index (κ3) is 6.01. The van der Waals surface area contributed by atoms with Crippen LogP contribution in [-0.4, -0.2) is 35.8 Å². The van der Waals surface area contributed by atoms with E-state index < -0.39 is 0 Å². The van der Waals surface area contributed by atoms with Gasteiger partial charge in [-0.25, -0.2) is 0 Å². The second kappa shape index (κ2) is 7.53. The van der Waals surface area contributed by atoms with Crippen molar-refractivity contribution in [1.29, 1.82) is 0 Å². The molecule has 0 aliphatic rings. The Morgan fingerprint density at radius 3 is 2.42 bits per heavy atom. The maximum Gasteiger partial charge on any atom is 0.231 e. The Labute approximate surface area is 113 Å². The molecule has 1 rings (SSSR count). The van der Waals surface area contributed by atoms with Crippen molar-refractivity contribution in [2.75, 3.05) is 18.4 Å². The van der Waals surface area contributed by atoms with Crippen molar-refractivity contribution in [3.8, 4) is 0 Å². The van der Waals surface area contributed by atoms with E-state index in [4.69, 9.17) is 5.73 Å². The Balaban J connectivity index is 2.41. The van der Waals surface area contributed by atoms with Crippen LogP contribution < -0.4 is 11.1 Å². The van der Waals surface area contributed by atoms with Crippen molar-refractivity contribution in [1.82, 2.24) is 4.90 Å². The average molecular weight is 263 g/mol. The summed E-state index contributed by atoms with van der Waals surface area (Å²) in [5.74, 6) is -0.446. The molecule has 0 aromatic heterocycles. The summed E-state index contributed by atoms with van der Waals surface area (Å²) in [7, 11) is 0. The summed E-state index contributed by atoms with van der Waals surface area (Å²) in [6, 6.07) is 9.47. The number of benzene rings is 1. The summed E-state index contributed by atoms with van der Waals surface area (Å²) in [5.41, 5.74) is 5.96. The standard InChI is InChI=1S/C14H21N3O2/c1-11(2)17(10-13(15)18)9-8-14(19)16-12-6-4-3-5-7-12/h3-7,11H,8-10H2,1-2H3,(H2,15,18)(H,16,19). The van der Waals surface area contributed by atoms with Crippen LogP contribution in [0.4, 0.5) is 5.69 Å². The number of rotatable bonds is 7. The maximum absolute atomic E-state index is 11.8. The van der Waals surface area contributed by atoms with Gasteiger partial charge in [-0.2, -0.15) is 0 Å². The predicted molar refractivity (Wildman–Crippen MR) is 75.6 cm³/mol. The van der Waals surface area contributed by atoms with E-state index in [1.165, 1.54) is 0 Å².